The third-order valence-electron chi connectivity index (χ3n) is 5.44. The summed E-state index contributed by atoms with van der Waals surface area (Å²) in [6.07, 6.45) is 3.08. The average molecular weight is 405 g/mol. The van der Waals surface area contributed by atoms with Gasteiger partial charge < -0.3 is 9.88 Å². The van der Waals surface area contributed by atoms with Crippen molar-refractivity contribution in [3.8, 4) is 0 Å². The predicted molar refractivity (Wildman–Crippen MR) is 108 cm³/mol. The van der Waals surface area contributed by atoms with E-state index in [1.807, 2.05) is 18.2 Å². The van der Waals surface area contributed by atoms with E-state index < -0.39 is 10.0 Å². The number of sulfonamides is 1. The monoisotopic (exact) mass is 404 g/mol. The number of carbonyl (C=O) groups is 1. The quantitative estimate of drug-likeness (QED) is 0.795. The summed E-state index contributed by atoms with van der Waals surface area (Å²) < 4.78 is 29.1. The summed E-state index contributed by atoms with van der Waals surface area (Å²) in [6, 6.07) is 11.7. The highest BCUT2D eigenvalue weighted by molar-refractivity contribution is 7.89. The van der Waals surface area contributed by atoms with Crippen LogP contribution in [-0.4, -0.2) is 61.3 Å². The summed E-state index contributed by atoms with van der Waals surface area (Å²) in [5.74, 6) is -0.305. The number of benzene rings is 1. The lowest BCUT2D eigenvalue weighted by Crippen LogP contribution is -2.45. The Morgan fingerprint density at radius 1 is 1.21 bits per heavy atom. The molecular formula is C20H28N4O3S. The largest absolute Gasteiger partial charge is 0.354 e. The van der Waals surface area contributed by atoms with Gasteiger partial charge in [-0.05, 0) is 24.5 Å². The smallest absolute Gasteiger partial charge is 0.267 e. The minimum Gasteiger partial charge on any atom is -0.354 e. The van der Waals surface area contributed by atoms with E-state index in [9.17, 15) is 13.2 Å². The minimum atomic E-state index is -3.64. The van der Waals surface area contributed by atoms with Crippen molar-refractivity contribution in [3.05, 3.63) is 53.9 Å². The first-order valence-electron chi connectivity index (χ1n) is 9.45. The average Bonchev–Trinajstić information content (AvgIpc) is 3.11. The van der Waals surface area contributed by atoms with E-state index in [1.54, 1.807) is 18.7 Å². The molecule has 8 heteroatoms. The highest BCUT2D eigenvalue weighted by Gasteiger charge is 2.32. The van der Waals surface area contributed by atoms with Crippen LogP contribution in [0.3, 0.4) is 0 Å². The fourth-order valence-electron chi connectivity index (χ4n) is 3.67. The molecule has 7 nitrogen and oxygen atoms in total. The first kappa shape index (κ1) is 20.6. The summed E-state index contributed by atoms with van der Waals surface area (Å²) in [5.41, 5.74) is 1.60. The summed E-state index contributed by atoms with van der Waals surface area (Å²) in [4.78, 5) is 14.4. The van der Waals surface area contributed by atoms with Crippen LogP contribution in [0.1, 0.15) is 28.9 Å². The van der Waals surface area contributed by atoms with Crippen molar-refractivity contribution in [1.82, 2.24) is 19.1 Å². The second-order valence-electron chi connectivity index (χ2n) is 7.27. The summed E-state index contributed by atoms with van der Waals surface area (Å²) in [5, 5.41) is 2.53. The van der Waals surface area contributed by atoms with Gasteiger partial charge in [0.2, 0.25) is 10.0 Å². The molecule has 3 rings (SSSR count). The molecule has 152 valence electrons. The van der Waals surface area contributed by atoms with Crippen molar-refractivity contribution >= 4 is 15.9 Å². The first-order chi connectivity index (χ1) is 13.3. The van der Waals surface area contributed by atoms with Crippen LogP contribution in [0.2, 0.25) is 0 Å². The Hall–Kier alpha value is -2.16. The maximum Gasteiger partial charge on any atom is 0.267 e. The number of nitrogens with zero attached hydrogens (tertiary/aromatic N) is 3. The lowest BCUT2D eigenvalue weighted by Gasteiger charge is -2.36. The molecular weight excluding hydrogens is 376 g/mol. The molecule has 1 N–H and O–H groups in total. The molecule has 1 fully saturated rings. The number of hydrogen-bond acceptors (Lipinski definition) is 4. The number of likely N-dealkylation sites (tertiary alicyclic amines) is 1. The van der Waals surface area contributed by atoms with Crippen LogP contribution in [-0.2, 0) is 23.6 Å². The van der Waals surface area contributed by atoms with Crippen molar-refractivity contribution in [1.29, 1.82) is 0 Å². The Bertz CT molecular complexity index is 916. The molecule has 0 saturated carbocycles. The fourth-order valence-corrected chi connectivity index (χ4v) is 5.16. The molecule has 1 aromatic heterocycles. The van der Waals surface area contributed by atoms with Crippen LogP contribution >= 0.6 is 0 Å². The van der Waals surface area contributed by atoms with Gasteiger partial charge in [0.1, 0.15) is 10.6 Å². The van der Waals surface area contributed by atoms with Crippen LogP contribution in [0.15, 0.2) is 47.5 Å². The Kier molecular flexibility index (Phi) is 6.22. The van der Waals surface area contributed by atoms with E-state index in [1.165, 1.54) is 29.2 Å². The van der Waals surface area contributed by atoms with Crippen molar-refractivity contribution in [2.75, 3.05) is 27.2 Å². The molecule has 0 unspecified atom stereocenters. The number of aryl methyl sites for hydroxylation is 1. The van der Waals surface area contributed by atoms with E-state index in [2.05, 4.69) is 22.3 Å². The Balaban J connectivity index is 1.65. The molecule has 0 atom stereocenters. The topological polar surface area (TPSA) is 74.7 Å². The van der Waals surface area contributed by atoms with Crippen molar-refractivity contribution < 1.29 is 13.2 Å². The molecule has 1 aliphatic heterocycles. The predicted octanol–water partition coefficient (Wildman–Crippen LogP) is 1.67. The highest BCUT2D eigenvalue weighted by Crippen LogP contribution is 2.24. The van der Waals surface area contributed by atoms with Gasteiger partial charge in [0, 0.05) is 53.0 Å². The first-order valence-corrected chi connectivity index (χ1v) is 10.9. The number of carbonyl (C=O) groups excluding carboxylic acids is 1. The van der Waals surface area contributed by atoms with Crippen LogP contribution in [0.5, 0.6) is 0 Å². The Labute approximate surface area is 167 Å². The maximum atomic E-state index is 13.0. The second-order valence-corrected chi connectivity index (χ2v) is 9.26. The third-order valence-corrected chi connectivity index (χ3v) is 7.31. The van der Waals surface area contributed by atoms with Gasteiger partial charge in [-0.15, -0.1) is 0 Å². The van der Waals surface area contributed by atoms with E-state index in [0.29, 0.717) is 5.69 Å². The number of amides is 1. The normalized spacial score (nSPS) is 16.4. The van der Waals surface area contributed by atoms with Gasteiger partial charge in [0.15, 0.2) is 0 Å². The Morgan fingerprint density at radius 3 is 2.46 bits per heavy atom. The summed E-state index contributed by atoms with van der Waals surface area (Å²) in [6.45, 7) is 2.60. The molecule has 0 radical (unpaired) electrons. The molecule has 2 heterocycles. The van der Waals surface area contributed by atoms with Gasteiger partial charge >= 0.3 is 0 Å². The van der Waals surface area contributed by atoms with Crippen LogP contribution in [0.25, 0.3) is 0 Å². The van der Waals surface area contributed by atoms with E-state index >= 15 is 0 Å². The zero-order chi connectivity index (χ0) is 20.3. The molecule has 0 spiro atoms. The lowest BCUT2D eigenvalue weighted by molar-refractivity contribution is 0.0955. The highest BCUT2D eigenvalue weighted by atomic mass is 32.2. The van der Waals surface area contributed by atoms with E-state index in [-0.39, 0.29) is 16.8 Å². The van der Waals surface area contributed by atoms with Crippen LogP contribution in [0.4, 0.5) is 0 Å². The van der Waals surface area contributed by atoms with Gasteiger partial charge in [-0.2, -0.15) is 4.31 Å². The SMILES string of the molecule is CNC(=O)c1cc(S(=O)(=O)N(C)C2CCN(Cc3ccccc3)CC2)cn1C. The van der Waals surface area contributed by atoms with Gasteiger partial charge in [0.25, 0.3) is 5.91 Å². The van der Waals surface area contributed by atoms with Gasteiger partial charge in [-0.1, -0.05) is 30.3 Å². The van der Waals surface area contributed by atoms with Gasteiger partial charge in [0.05, 0.1) is 0 Å². The molecule has 1 saturated heterocycles. The molecule has 2 aromatic rings. The summed E-state index contributed by atoms with van der Waals surface area (Å²) >= 11 is 0. The molecule has 28 heavy (non-hydrogen) atoms. The van der Waals surface area contributed by atoms with Crippen molar-refractivity contribution in [2.24, 2.45) is 7.05 Å². The number of piperidine rings is 1. The zero-order valence-electron chi connectivity index (χ0n) is 16.6. The van der Waals surface area contributed by atoms with Crippen molar-refractivity contribution in [2.45, 2.75) is 30.3 Å². The molecule has 0 bridgehead atoms. The van der Waals surface area contributed by atoms with Gasteiger partial charge in [-0.25, -0.2) is 8.42 Å². The number of hydrogen-bond donors (Lipinski definition) is 1. The summed E-state index contributed by atoms with van der Waals surface area (Å²) in [7, 11) is 1.19. The van der Waals surface area contributed by atoms with Crippen LogP contribution < -0.4 is 5.32 Å². The second kappa shape index (κ2) is 8.46. The molecule has 1 amide bonds. The third kappa shape index (κ3) is 4.29. The maximum absolute atomic E-state index is 13.0. The minimum absolute atomic E-state index is 0.0410. The van der Waals surface area contributed by atoms with Crippen molar-refractivity contribution in [3.63, 3.8) is 0 Å². The fraction of sp³-hybridized carbons (Fsp3) is 0.450. The standard InChI is InChI=1S/C20H28N4O3S/c1-21-20(25)19-13-18(15-22(19)2)28(26,27)23(3)17-9-11-24(12-10-17)14-16-7-5-4-6-8-16/h4-8,13,15,17H,9-12,14H2,1-3H3,(H,21,25). The van der Waals surface area contributed by atoms with Crippen LogP contribution in [0, 0.1) is 0 Å². The zero-order valence-corrected chi connectivity index (χ0v) is 17.4. The van der Waals surface area contributed by atoms with E-state index in [0.717, 1.165) is 32.5 Å². The number of rotatable bonds is 6. The molecule has 1 aromatic carbocycles. The van der Waals surface area contributed by atoms with E-state index in [4.69, 9.17) is 0 Å². The number of nitrogens with one attached hydrogen (secondary N) is 1. The molecule has 1 aliphatic rings. The molecule has 0 aliphatic carbocycles. The Morgan fingerprint density at radius 2 is 1.86 bits per heavy atom. The number of aromatic nitrogens is 1. The van der Waals surface area contributed by atoms with Gasteiger partial charge in [-0.3, -0.25) is 9.69 Å². The lowest BCUT2D eigenvalue weighted by atomic mass is 10.0.